The van der Waals surface area contributed by atoms with Gasteiger partial charge in [-0.1, -0.05) is 26.0 Å². The van der Waals surface area contributed by atoms with Gasteiger partial charge in [-0.15, -0.1) is 11.3 Å². The van der Waals surface area contributed by atoms with Crippen LogP contribution in [0, 0.1) is 5.92 Å². The molecular formula is C16H21N3O3S2. The molecule has 0 aliphatic rings. The maximum absolute atomic E-state index is 11.9. The Hall–Kier alpha value is -1.93. The molecule has 0 aliphatic heterocycles. The summed E-state index contributed by atoms with van der Waals surface area (Å²) in [6, 6.07) is 7.08. The lowest BCUT2D eigenvalue weighted by atomic mass is 10.1. The number of hydrogen-bond donors (Lipinski definition) is 1. The van der Waals surface area contributed by atoms with Crippen LogP contribution in [0.1, 0.15) is 20.3 Å². The number of nitrogens with zero attached hydrogens (tertiary/aromatic N) is 2. The molecule has 1 aromatic carbocycles. The zero-order chi connectivity index (χ0) is 17.9. The van der Waals surface area contributed by atoms with Crippen LogP contribution < -0.4 is 9.62 Å². The van der Waals surface area contributed by atoms with Crippen LogP contribution in [0.3, 0.4) is 0 Å². The smallest absolute Gasteiger partial charge is 0.231 e. The molecule has 0 saturated heterocycles. The quantitative estimate of drug-likeness (QED) is 0.850. The Morgan fingerprint density at radius 3 is 2.50 bits per heavy atom. The number of nitrogens with one attached hydrogen (secondary N) is 1. The Labute approximate surface area is 146 Å². The molecule has 1 N–H and O–H groups in total. The van der Waals surface area contributed by atoms with Crippen LogP contribution in [0.25, 0.3) is 11.3 Å². The van der Waals surface area contributed by atoms with E-state index < -0.39 is 10.0 Å². The summed E-state index contributed by atoms with van der Waals surface area (Å²) in [7, 11) is -1.77. The molecule has 1 aromatic heterocycles. The Morgan fingerprint density at radius 2 is 1.96 bits per heavy atom. The third kappa shape index (κ3) is 4.33. The van der Waals surface area contributed by atoms with Crippen LogP contribution in [-0.4, -0.2) is 32.6 Å². The number of rotatable bonds is 6. The molecule has 1 unspecified atom stereocenters. The number of carbonyl (C=O) groups is 1. The van der Waals surface area contributed by atoms with Crippen molar-refractivity contribution in [1.29, 1.82) is 0 Å². The first-order valence-corrected chi connectivity index (χ1v) is 10.3. The van der Waals surface area contributed by atoms with Crippen molar-refractivity contribution in [3.63, 3.8) is 0 Å². The van der Waals surface area contributed by atoms with Gasteiger partial charge < -0.3 is 5.32 Å². The minimum atomic E-state index is -3.28. The molecule has 0 aliphatic carbocycles. The second-order valence-corrected chi connectivity index (χ2v) is 8.49. The second kappa shape index (κ2) is 7.31. The first kappa shape index (κ1) is 18.4. The average Bonchev–Trinajstić information content (AvgIpc) is 3.01. The first-order valence-electron chi connectivity index (χ1n) is 7.53. The molecule has 130 valence electrons. The summed E-state index contributed by atoms with van der Waals surface area (Å²) in [6.07, 6.45) is 1.94. The normalized spacial score (nSPS) is 12.7. The van der Waals surface area contributed by atoms with E-state index in [9.17, 15) is 13.2 Å². The monoisotopic (exact) mass is 367 g/mol. The number of carbonyl (C=O) groups excluding carboxylic acids is 1. The van der Waals surface area contributed by atoms with Crippen LogP contribution in [0.2, 0.25) is 0 Å². The summed E-state index contributed by atoms with van der Waals surface area (Å²) in [5, 5.41) is 5.24. The van der Waals surface area contributed by atoms with Gasteiger partial charge in [0.25, 0.3) is 0 Å². The van der Waals surface area contributed by atoms with E-state index in [0.29, 0.717) is 10.8 Å². The van der Waals surface area contributed by atoms with Gasteiger partial charge in [-0.05, 0) is 18.6 Å². The maximum atomic E-state index is 11.9. The van der Waals surface area contributed by atoms with Gasteiger partial charge in [0.15, 0.2) is 5.13 Å². The molecule has 1 atom stereocenters. The molecule has 6 nitrogen and oxygen atoms in total. The van der Waals surface area contributed by atoms with E-state index in [0.717, 1.165) is 23.9 Å². The summed E-state index contributed by atoms with van der Waals surface area (Å²) >= 11 is 1.37. The summed E-state index contributed by atoms with van der Waals surface area (Å²) < 4.78 is 24.3. The number of sulfonamides is 1. The lowest BCUT2D eigenvalue weighted by molar-refractivity contribution is -0.119. The highest BCUT2D eigenvalue weighted by molar-refractivity contribution is 7.92. The van der Waals surface area contributed by atoms with Crippen LogP contribution in [0.5, 0.6) is 0 Å². The van der Waals surface area contributed by atoms with E-state index in [-0.39, 0.29) is 11.8 Å². The Morgan fingerprint density at radius 1 is 1.33 bits per heavy atom. The molecule has 1 amide bonds. The van der Waals surface area contributed by atoms with Gasteiger partial charge in [0.2, 0.25) is 15.9 Å². The molecule has 0 fully saturated rings. The third-order valence-electron chi connectivity index (χ3n) is 3.82. The summed E-state index contributed by atoms with van der Waals surface area (Å²) in [5.41, 5.74) is 2.19. The average molecular weight is 367 g/mol. The van der Waals surface area contributed by atoms with E-state index in [1.165, 1.54) is 22.7 Å². The van der Waals surface area contributed by atoms with E-state index in [1.807, 2.05) is 31.4 Å². The van der Waals surface area contributed by atoms with Crippen LogP contribution in [0.15, 0.2) is 29.6 Å². The first-order chi connectivity index (χ1) is 11.2. The van der Waals surface area contributed by atoms with Crippen LogP contribution >= 0.6 is 11.3 Å². The van der Waals surface area contributed by atoms with Crippen molar-refractivity contribution in [3.05, 3.63) is 29.6 Å². The number of anilines is 2. The van der Waals surface area contributed by atoms with Gasteiger partial charge in [-0.2, -0.15) is 0 Å². The number of thiazole rings is 1. The van der Waals surface area contributed by atoms with E-state index in [2.05, 4.69) is 10.3 Å². The zero-order valence-electron chi connectivity index (χ0n) is 14.1. The zero-order valence-corrected chi connectivity index (χ0v) is 15.7. The SMILES string of the molecule is CCC(C)C(=O)Nc1nc(-c2ccc(N(C)S(C)(=O)=O)cc2)cs1. The van der Waals surface area contributed by atoms with Gasteiger partial charge in [0, 0.05) is 23.9 Å². The molecule has 8 heteroatoms. The van der Waals surface area contributed by atoms with Crippen molar-refractivity contribution in [1.82, 2.24) is 4.98 Å². The topological polar surface area (TPSA) is 79.4 Å². The van der Waals surface area contributed by atoms with Gasteiger partial charge >= 0.3 is 0 Å². The van der Waals surface area contributed by atoms with E-state index in [1.54, 1.807) is 12.1 Å². The fraction of sp³-hybridized carbons (Fsp3) is 0.375. The highest BCUT2D eigenvalue weighted by atomic mass is 32.2. The lowest BCUT2D eigenvalue weighted by Gasteiger charge is -2.16. The van der Waals surface area contributed by atoms with Crippen molar-refractivity contribution < 1.29 is 13.2 Å². The van der Waals surface area contributed by atoms with Gasteiger partial charge in [0.05, 0.1) is 17.6 Å². The molecule has 0 radical (unpaired) electrons. The van der Waals surface area contributed by atoms with E-state index >= 15 is 0 Å². The van der Waals surface area contributed by atoms with Gasteiger partial charge in [0.1, 0.15) is 0 Å². The second-order valence-electron chi connectivity index (χ2n) is 5.61. The molecule has 24 heavy (non-hydrogen) atoms. The van der Waals surface area contributed by atoms with Crippen molar-refractivity contribution in [2.45, 2.75) is 20.3 Å². The van der Waals surface area contributed by atoms with Crippen molar-refractivity contribution in [2.75, 3.05) is 22.9 Å². The van der Waals surface area contributed by atoms with Crippen molar-refractivity contribution in [2.24, 2.45) is 5.92 Å². The van der Waals surface area contributed by atoms with Gasteiger partial charge in [-0.25, -0.2) is 13.4 Å². The lowest BCUT2D eigenvalue weighted by Crippen LogP contribution is -2.24. The van der Waals surface area contributed by atoms with Crippen LogP contribution in [-0.2, 0) is 14.8 Å². The summed E-state index contributed by atoms with van der Waals surface area (Å²) in [4.78, 5) is 16.3. The molecule has 0 bridgehead atoms. The number of benzene rings is 1. The van der Waals surface area contributed by atoms with Crippen molar-refractivity contribution in [3.8, 4) is 11.3 Å². The van der Waals surface area contributed by atoms with E-state index in [4.69, 9.17) is 0 Å². The minimum Gasteiger partial charge on any atom is -0.302 e. The molecule has 2 aromatic rings. The molecule has 1 heterocycles. The molecule has 0 spiro atoms. The fourth-order valence-electron chi connectivity index (χ4n) is 1.91. The molecule has 2 rings (SSSR count). The predicted molar refractivity (Wildman–Crippen MR) is 98.9 cm³/mol. The summed E-state index contributed by atoms with van der Waals surface area (Å²) in [5.74, 6) is -0.0910. The standard InChI is InChI=1S/C16H21N3O3S2/c1-5-11(2)15(20)18-16-17-14(10-23-16)12-6-8-13(9-7-12)19(3)24(4,21)22/h6-11H,5H2,1-4H3,(H,17,18,20). The Balaban J connectivity index is 2.14. The Kier molecular flexibility index (Phi) is 5.61. The van der Waals surface area contributed by atoms with Crippen LogP contribution in [0.4, 0.5) is 10.8 Å². The predicted octanol–water partition coefficient (Wildman–Crippen LogP) is 3.19. The summed E-state index contributed by atoms with van der Waals surface area (Å²) in [6.45, 7) is 3.84. The van der Waals surface area contributed by atoms with Gasteiger partial charge in [-0.3, -0.25) is 9.10 Å². The minimum absolute atomic E-state index is 0.0384. The largest absolute Gasteiger partial charge is 0.302 e. The maximum Gasteiger partial charge on any atom is 0.231 e. The number of hydrogen-bond acceptors (Lipinski definition) is 5. The number of aromatic nitrogens is 1. The highest BCUT2D eigenvalue weighted by Crippen LogP contribution is 2.27. The molecule has 0 saturated carbocycles. The fourth-order valence-corrected chi connectivity index (χ4v) is 3.14. The Bertz CT molecular complexity index is 813. The van der Waals surface area contributed by atoms with Crippen molar-refractivity contribution >= 4 is 38.1 Å². The highest BCUT2D eigenvalue weighted by Gasteiger charge is 2.14. The molecular weight excluding hydrogens is 346 g/mol. The number of amides is 1. The third-order valence-corrected chi connectivity index (χ3v) is 5.78.